The summed E-state index contributed by atoms with van der Waals surface area (Å²) in [5.41, 5.74) is 4.72. The van der Waals surface area contributed by atoms with E-state index in [1.807, 2.05) is 17.0 Å². The van der Waals surface area contributed by atoms with Crippen LogP contribution in [0.1, 0.15) is 43.4 Å². The van der Waals surface area contributed by atoms with Gasteiger partial charge in [0.15, 0.2) is 5.96 Å². The van der Waals surface area contributed by atoms with Crippen molar-refractivity contribution < 1.29 is 4.79 Å². The molecule has 2 aromatic rings. The largest absolute Gasteiger partial charge is 0.352 e. The van der Waals surface area contributed by atoms with E-state index in [9.17, 15) is 4.79 Å². The third-order valence-corrected chi connectivity index (χ3v) is 5.76. The van der Waals surface area contributed by atoms with E-state index in [1.54, 1.807) is 7.05 Å². The average molecular weight is 550 g/mol. The first-order valence-corrected chi connectivity index (χ1v) is 11.3. The molecule has 0 bridgehead atoms. The average Bonchev–Trinajstić information content (AvgIpc) is 3.24. The predicted octanol–water partition coefficient (Wildman–Crippen LogP) is 4.14. The summed E-state index contributed by atoms with van der Waals surface area (Å²) in [5, 5.41) is 6.77. The summed E-state index contributed by atoms with van der Waals surface area (Å²) >= 11 is 0. The summed E-state index contributed by atoms with van der Waals surface area (Å²) < 4.78 is 0. The fourth-order valence-corrected chi connectivity index (χ4v) is 3.85. The van der Waals surface area contributed by atoms with E-state index in [2.05, 4.69) is 70.8 Å². The maximum atomic E-state index is 11.9. The lowest BCUT2D eigenvalue weighted by atomic mass is 10.1. The molecule has 1 aliphatic rings. The molecule has 0 aromatic heterocycles. The smallest absolute Gasteiger partial charge is 0.227 e. The van der Waals surface area contributed by atoms with Crippen LogP contribution in [0.2, 0.25) is 0 Å². The van der Waals surface area contributed by atoms with Gasteiger partial charge in [0.05, 0.1) is 0 Å². The summed E-state index contributed by atoms with van der Waals surface area (Å²) in [7, 11) is 1.79. The highest BCUT2D eigenvalue weighted by Gasteiger charge is 2.21. The number of benzene rings is 2. The van der Waals surface area contributed by atoms with Gasteiger partial charge in [-0.2, -0.15) is 0 Å². The third kappa shape index (κ3) is 7.48. The van der Waals surface area contributed by atoms with Crippen molar-refractivity contribution in [3.63, 3.8) is 0 Å². The molecule has 3 rings (SSSR count). The van der Waals surface area contributed by atoms with Gasteiger partial charge in [-0.25, -0.2) is 0 Å². The molecule has 0 aliphatic carbocycles. The van der Waals surface area contributed by atoms with Crippen molar-refractivity contribution in [1.82, 2.24) is 15.5 Å². The lowest BCUT2D eigenvalue weighted by molar-refractivity contribution is -0.117. The molecule has 32 heavy (non-hydrogen) atoms. The van der Waals surface area contributed by atoms with E-state index in [0.717, 1.165) is 56.4 Å². The number of nitrogens with one attached hydrogen (secondary N) is 2. The van der Waals surface area contributed by atoms with Crippen LogP contribution in [0.15, 0.2) is 53.5 Å². The van der Waals surface area contributed by atoms with E-state index < -0.39 is 0 Å². The Morgan fingerprint density at radius 1 is 1.00 bits per heavy atom. The lowest BCUT2D eigenvalue weighted by Gasteiger charge is -2.18. The van der Waals surface area contributed by atoms with Crippen LogP contribution in [0.5, 0.6) is 0 Å². The van der Waals surface area contributed by atoms with E-state index in [4.69, 9.17) is 0 Å². The molecule has 1 aliphatic heterocycles. The fraction of sp³-hybridized carbons (Fsp3) is 0.440. The fourth-order valence-electron chi connectivity index (χ4n) is 3.85. The van der Waals surface area contributed by atoms with Gasteiger partial charge in [-0.1, -0.05) is 50.2 Å². The Kier molecular flexibility index (Phi) is 11.0. The van der Waals surface area contributed by atoms with Crippen LogP contribution in [0.4, 0.5) is 5.69 Å². The zero-order valence-electron chi connectivity index (χ0n) is 19.4. The highest BCUT2D eigenvalue weighted by Crippen LogP contribution is 2.21. The normalized spacial score (nSPS) is 13.9. The second kappa shape index (κ2) is 13.4. The van der Waals surface area contributed by atoms with Crippen LogP contribution in [-0.2, 0) is 24.4 Å². The second-order valence-electron chi connectivity index (χ2n) is 7.88. The van der Waals surface area contributed by atoms with Gasteiger partial charge in [-0.15, -0.1) is 24.0 Å². The first-order chi connectivity index (χ1) is 15.1. The van der Waals surface area contributed by atoms with Crippen LogP contribution in [0, 0.1) is 0 Å². The van der Waals surface area contributed by atoms with Crippen molar-refractivity contribution in [3.8, 4) is 0 Å². The summed E-state index contributed by atoms with van der Waals surface area (Å²) in [6.45, 7) is 9.72. The van der Waals surface area contributed by atoms with Crippen LogP contribution in [-0.4, -0.2) is 43.4 Å². The quantitative estimate of drug-likeness (QED) is 0.281. The summed E-state index contributed by atoms with van der Waals surface area (Å²) in [5.74, 6) is 0.990. The highest BCUT2D eigenvalue weighted by molar-refractivity contribution is 14.0. The van der Waals surface area contributed by atoms with Gasteiger partial charge in [-0.3, -0.25) is 14.7 Å². The van der Waals surface area contributed by atoms with Gasteiger partial charge < -0.3 is 15.5 Å². The predicted molar refractivity (Wildman–Crippen MR) is 144 cm³/mol. The lowest BCUT2D eigenvalue weighted by Crippen LogP contribution is -2.36. The molecular formula is C25H36IN5O. The van der Waals surface area contributed by atoms with Crippen molar-refractivity contribution in [1.29, 1.82) is 0 Å². The van der Waals surface area contributed by atoms with Crippen LogP contribution in [0.3, 0.4) is 0 Å². The van der Waals surface area contributed by atoms with Crippen molar-refractivity contribution in [2.45, 2.75) is 46.3 Å². The van der Waals surface area contributed by atoms with Gasteiger partial charge >= 0.3 is 0 Å². The number of aliphatic imine (C=N–C) groups is 1. The van der Waals surface area contributed by atoms with Gasteiger partial charge in [0.1, 0.15) is 0 Å². The molecule has 0 spiro atoms. The van der Waals surface area contributed by atoms with Gasteiger partial charge in [0.2, 0.25) is 5.91 Å². The second-order valence-corrected chi connectivity index (χ2v) is 7.88. The number of carbonyl (C=O) groups excluding carboxylic acids is 1. The summed E-state index contributed by atoms with van der Waals surface area (Å²) in [4.78, 5) is 20.5. The molecule has 0 radical (unpaired) electrons. The van der Waals surface area contributed by atoms with E-state index in [1.165, 1.54) is 11.1 Å². The molecule has 1 saturated heterocycles. The third-order valence-electron chi connectivity index (χ3n) is 5.76. The van der Waals surface area contributed by atoms with E-state index in [0.29, 0.717) is 13.0 Å². The minimum Gasteiger partial charge on any atom is -0.352 e. The Morgan fingerprint density at radius 2 is 1.66 bits per heavy atom. The first-order valence-electron chi connectivity index (χ1n) is 11.3. The minimum absolute atomic E-state index is 0. The van der Waals surface area contributed by atoms with Gasteiger partial charge in [-0.05, 0) is 48.3 Å². The Balaban J connectivity index is 0.00000363. The number of nitrogens with zero attached hydrogens (tertiary/aromatic N) is 3. The van der Waals surface area contributed by atoms with Gasteiger partial charge in [0.25, 0.3) is 0 Å². The maximum absolute atomic E-state index is 11.9. The number of rotatable bonds is 9. The summed E-state index contributed by atoms with van der Waals surface area (Å²) in [6, 6.07) is 16.9. The number of guanidine groups is 1. The van der Waals surface area contributed by atoms with E-state index >= 15 is 0 Å². The molecule has 1 amide bonds. The Hall–Kier alpha value is -2.13. The summed E-state index contributed by atoms with van der Waals surface area (Å²) in [6.07, 6.45) is 1.60. The Bertz CT molecular complexity index is 880. The van der Waals surface area contributed by atoms with Gasteiger partial charge in [0, 0.05) is 45.3 Å². The number of anilines is 1. The van der Waals surface area contributed by atoms with Crippen molar-refractivity contribution in [3.05, 3.63) is 65.2 Å². The Labute approximate surface area is 209 Å². The van der Waals surface area contributed by atoms with Crippen molar-refractivity contribution >= 4 is 41.5 Å². The monoisotopic (exact) mass is 549 g/mol. The van der Waals surface area contributed by atoms with Crippen molar-refractivity contribution in [2.24, 2.45) is 4.99 Å². The molecule has 174 valence electrons. The van der Waals surface area contributed by atoms with Crippen LogP contribution < -0.4 is 15.5 Å². The molecule has 1 fully saturated rings. The highest BCUT2D eigenvalue weighted by atomic mass is 127. The molecule has 7 heteroatoms. The molecule has 2 N–H and O–H groups in total. The maximum Gasteiger partial charge on any atom is 0.227 e. The SMILES string of the molecule is CCN(CC)Cc1cccc(CNC(=NC)NCc2ccc(N3CCCC3=O)cc2)c1.I. The number of carbonyl (C=O) groups is 1. The number of halogens is 1. The minimum atomic E-state index is 0. The van der Waals surface area contributed by atoms with E-state index in [-0.39, 0.29) is 29.9 Å². The first kappa shape index (κ1) is 26.1. The van der Waals surface area contributed by atoms with Crippen LogP contribution >= 0.6 is 24.0 Å². The molecule has 2 aromatic carbocycles. The van der Waals surface area contributed by atoms with Crippen molar-refractivity contribution in [2.75, 3.05) is 31.6 Å². The molecule has 6 nitrogen and oxygen atoms in total. The van der Waals surface area contributed by atoms with Crippen LogP contribution in [0.25, 0.3) is 0 Å². The molecule has 0 saturated carbocycles. The molecule has 1 heterocycles. The standard InChI is InChI=1S/C25H35N5O.HI/c1-4-29(5-2)19-22-9-6-8-21(16-22)18-28-25(26-3)27-17-20-11-13-23(14-12-20)30-15-7-10-24(30)31;/h6,8-9,11-14,16H,4-5,7,10,15,17-19H2,1-3H3,(H2,26,27,28);1H. The molecule has 0 unspecified atom stereocenters. The number of hydrogen-bond donors (Lipinski definition) is 2. The Morgan fingerprint density at radius 3 is 2.25 bits per heavy atom. The molecule has 0 atom stereocenters. The zero-order valence-corrected chi connectivity index (χ0v) is 21.8. The number of hydrogen-bond acceptors (Lipinski definition) is 3. The topological polar surface area (TPSA) is 60.0 Å². The zero-order chi connectivity index (χ0) is 22.1. The number of amides is 1. The molecular weight excluding hydrogens is 513 g/mol.